The van der Waals surface area contributed by atoms with Crippen molar-refractivity contribution in [3.05, 3.63) is 107 Å². The number of imide groups is 1. The number of hydrogen-bond acceptors (Lipinski definition) is 6. The molecule has 39 heavy (non-hydrogen) atoms. The molecule has 2 atom stereocenters. The number of likely N-dealkylation sites (tertiary alicyclic amines) is 1. The molecular formula is C30H28N6O3. The molecule has 4 aromatic rings. The number of aryl methyl sites for hydroxylation is 1. The van der Waals surface area contributed by atoms with Crippen LogP contribution >= 0.6 is 0 Å². The second-order valence-corrected chi connectivity index (χ2v) is 10.2. The number of aromatic nitrogens is 2. The lowest BCUT2D eigenvalue weighted by molar-refractivity contribution is -0.124. The molecule has 3 N–H and O–H groups in total. The summed E-state index contributed by atoms with van der Waals surface area (Å²) in [5, 5.41) is 9.26. The minimum Gasteiger partial charge on any atom is -0.345 e. The van der Waals surface area contributed by atoms with Gasteiger partial charge < -0.3 is 10.6 Å². The Balaban J connectivity index is 1.18. The number of para-hydroxylation sites is 1. The fourth-order valence-corrected chi connectivity index (χ4v) is 5.62. The lowest BCUT2D eigenvalue weighted by Crippen LogP contribution is -2.62. The lowest BCUT2D eigenvalue weighted by atomic mass is 9.93. The molecule has 4 heterocycles. The van der Waals surface area contributed by atoms with Crippen LogP contribution in [-0.4, -0.2) is 57.4 Å². The molecule has 9 nitrogen and oxygen atoms in total. The molecule has 0 bridgehead atoms. The zero-order valence-electron chi connectivity index (χ0n) is 21.5. The van der Waals surface area contributed by atoms with Crippen LogP contribution in [0.5, 0.6) is 0 Å². The molecule has 0 aliphatic carbocycles. The van der Waals surface area contributed by atoms with Gasteiger partial charge in [0.15, 0.2) is 5.54 Å². The maximum absolute atomic E-state index is 13.3. The summed E-state index contributed by atoms with van der Waals surface area (Å²) in [4.78, 5) is 49.0. The molecule has 4 amide bonds. The van der Waals surface area contributed by atoms with Crippen LogP contribution in [0.2, 0.25) is 0 Å². The van der Waals surface area contributed by atoms with Crippen molar-refractivity contribution in [2.75, 3.05) is 13.1 Å². The van der Waals surface area contributed by atoms with Crippen LogP contribution in [0.1, 0.15) is 32.7 Å². The highest BCUT2D eigenvalue weighted by Crippen LogP contribution is 2.27. The highest BCUT2D eigenvalue weighted by molar-refractivity contribution is 6.08. The number of carbonyl (C=O) groups excluding carboxylic acids is 3. The van der Waals surface area contributed by atoms with Crippen molar-refractivity contribution in [3.8, 4) is 0 Å². The van der Waals surface area contributed by atoms with Crippen LogP contribution in [-0.2, 0) is 17.8 Å². The van der Waals surface area contributed by atoms with E-state index in [2.05, 4.69) is 43.0 Å². The maximum atomic E-state index is 13.3. The zero-order chi connectivity index (χ0) is 27.0. The van der Waals surface area contributed by atoms with Crippen molar-refractivity contribution in [3.63, 3.8) is 0 Å². The normalized spacial score (nSPS) is 20.8. The predicted molar refractivity (Wildman–Crippen MR) is 146 cm³/mol. The van der Waals surface area contributed by atoms with Crippen LogP contribution < -0.4 is 16.0 Å². The maximum Gasteiger partial charge on any atom is 0.322 e. The van der Waals surface area contributed by atoms with E-state index in [0.29, 0.717) is 25.1 Å². The van der Waals surface area contributed by atoms with Gasteiger partial charge in [-0.3, -0.25) is 29.8 Å². The zero-order valence-corrected chi connectivity index (χ0v) is 21.5. The SMILES string of the molecule is Cc1cc(Cc2ccc(C(=O)N[C@@H]3CN(Cc4ccncc4)C[C@]34NC(=O)NC4=O)cc2)c2ccccc2n1. The van der Waals surface area contributed by atoms with Gasteiger partial charge in [-0.15, -0.1) is 0 Å². The summed E-state index contributed by atoms with van der Waals surface area (Å²) in [6.45, 7) is 3.26. The standard InChI is InChI=1S/C30H28N6O3/c1-19-14-23(24-4-2-3-5-25(24)32-19)15-20-6-8-22(9-7-20)27(37)33-26-17-36(16-21-10-12-31-13-11-21)18-30(26)28(38)34-29(39)35-30/h2-14,26H,15-18H2,1H3,(H,33,37)(H2,34,35,38,39)/t26-,30+/m1/s1. The van der Waals surface area contributed by atoms with E-state index >= 15 is 0 Å². The molecule has 2 aliphatic rings. The molecule has 0 unspecified atom stereocenters. The van der Waals surface area contributed by atoms with Crippen molar-refractivity contribution in [2.24, 2.45) is 0 Å². The Kier molecular flexibility index (Phi) is 6.28. The minimum absolute atomic E-state index is 0.288. The van der Waals surface area contributed by atoms with Crippen molar-refractivity contribution in [2.45, 2.75) is 31.5 Å². The Bertz CT molecular complexity index is 1570. The lowest BCUT2D eigenvalue weighted by Gasteiger charge is -2.27. The summed E-state index contributed by atoms with van der Waals surface area (Å²) in [6.07, 6.45) is 4.15. The van der Waals surface area contributed by atoms with Crippen molar-refractivity contribution < 1.29 is 14.4 Å². The number of urea groups is 1. The number of amides is 4. The molecule has 2 aromatic carbocycles. The molecule has 1 spiro atoms. The Hall–Kier alpha value is -4.63. The summed E-state index contributed by atoms with van der Waals surface area (Å²) in [5.74, 6) is -0.721. The quantitative estimate of drug-likeness (QED) is 0.337. The Morgan fingerprint density at radius 1 is 1.05 bits per heavy atom. The van der Waals surface area contributed by atoms with E-state index in [1.54, 1.807) is 24.5 Å². The van der Waals surface area contributed by atoms with Crippen LogP contribution in [0, 0.1) is 6.92 Å². The Labute approximate surface area is 225 Å². The van der Waals surface area contributed by atoms with Crippen LogP contribution in [0.3, 0.4) is 0 Å². The summed E-state index contributed by atoms with van der Waals surface area (Å²) in [7, 11) is 0. The first-order valence-electron chi connectivity index (χ1n) is 12.9. The van der Waals surface area contributed by atoms with Gasteiger partial charge in [-0.25, -0.2) is 4.79 Å². The molecule has 6 rings (SSSR count). The fraction of sp³-hybridized carbons (Fsp3) is 0.233. The molecule has 0 radical (unpaired) electrons. The number of carbonyl (C=O) groups is 3. The van der Waals surface area contributed by atoms with Gasteiger partial charge in [0.25, 0.3) is 11.8 Å². The fourth-order valence-electron chi connectivity index (χ4n) is 5.62. The largest absolute Gasteiger partial charge is 0.345 e. The first-order valence-corrected chi connectivity index (χ1v) is 12.9. The first-order chi connectivity index (χ1) is 18.9. The molecular weight excluding hydrogens is 492 g/mol. The molecule has 2 aliphatic heterocycles. The van der Waals surface area contributed by atoms with E-state index in [1.165, 1.54) is 5.56 Å². The van der Waals surface area contributed by atoms with Gasteiger partial charge in [-0.05, 0) is 66.4 Å². The number of nitrogens with zero attached hydrogens (tertiary/aromatic N) is 3. The highest BCUT2D eigenvalue weighted by Gasteiger charge is 2.57. The third-order valence-corrected chi connectivity index (χ3v) is 7.48. The predicted octanol–water partition coefficient (Wildman–Crippen LogP) is 2.72. The average Bonchev–Trinajstić information content (AvgIpc) is 3.41. The third-order valence-electron chi connectivity index (χ3n) is 7.48. The van der Waals surface area contributed by atoms with Gasteiger partial charge in [-0.2, -0.15) is 0 Å². The van der Waals surface area contributed by atoms with Gasteiger partial charge in [0.05, 0.1) is 11.6 Å². The van der Waals surface area contributed by atoms with Gasteiger partial charge >= 0.3 is 6.03 Å². The highest BCUT2D eigenvalue weighted by atomic mass is 16.2. The smallest absolute Gasteiger partial charge is 0.322 e. The van der Waals surface area contributed by atoms with Crippen LogP contribution in [0.25, 0.3) is 10.9 Å². The minimum atomic E-state index is -1.22. The van der Waals surface area contributed by atoms with E-state index < -0.39 is 23.5 Å². The van der Waals surface area contributed by atoms with Gasteiger partial charge in [0.2, 0.25) is 0 Å². The number of pyridine rings is 2. The Morgan fingerprint density at radius 3 is 2.56 bits per heavy atom. The second-order valence-electron chi connectivity index (χ2n) is 10.2. The van der Waals surface area contributed by atoms with Crippen molar-refractivity contribution >= 4 is 28.7 Å². The number of nitrogens with one attached hydrogen (secondary N) is 3. The van der Waals surface area contributed by atoms with E-state index in [9.17, 15) is 14.4 Å². The third kappa shape index (κ3) is 4.84. The summed E-state index contributed by atoms with van der Waals surface area (Å²) in [5.41, 5.74) is 4.49. The number of hydrogen-bond donors (Lipinski definition) is 3. The molecule has 196 valence electrons. The van der Waals surface area contributed by atoms with Gasteiger partial charge in [0.1, 0.15) is 0 Å². The first kappa shape index (κ1) is 24.7. The van der Waals surface area contributed by atoms with E-state index in [1.807, 2.05) is 49.4 Å². The van der Waals surface area contributed by atoms with E-state index in [0.717, 1.165) is 27.7 Å². The van der Waals surface area contributed by atoms with Crippen LogP contribution in [0.15, 0.2) is 79.1 Å². The second kappa shape index (κ2) is 9.92. The monoisotopic (exact) mass is 520 g/mol. The number of fused-ring (bicyclic) bond motifs is 1. The van der Waals surface area contributed by atoms with Crippen molar-refractivity contribution in [1.29, 1.82) is 0 Å². The summed E-state index contributed by atoms with van der Waals surface area (Å²) >= 11 is 0. The number of benzene rings is 2. The average molecular weight is 521 g/mol. The molecule has 2 aromatic heterocycles. The van der Waals surface area contributed by atoms with E-state index in [4.69, 9.17) is 0 Å². The van der Waals surface area contributed by atoms with Gasteiger partial charge in [0, 0.05) is 48.7 Å². The van der Waals surface area contributed by atoms with Crippen molar-refractivity contribution in [1.82, 2.24) is 30.8 Å². The molecule has 9 heteroatoms. The summed E-state index contributed by atoms with van der Waals surface area (Å²) < 4.78 is 0. The molecule has 0 saturated carbocycles. The van der Waals surface area contributed by atoms with Gasteiger partial charge in [-0.1, -0.05) is 30.3 Å². The topological polar surface area (TPSA) is 116 Å². The molecule has 2 fully saturated rings. The number of rotatable bonds is 6. The Morgan fingerprint density at radius 2 is 1.82 bits per heavy atom. The molecule has 2 saturated heterocycles. The van der Waals surface area contributed by atoms with E-state index in [-0.39, 0.29) is 12.5 Å². The van der Waals surface area contributed by atoms with Crippen LogP contribution in [0.4, 0.5) is 4.79 Å². The summed E-state index contributed by atoms with van der Waals surface area (Å²) in [6, 6.07) is 20.3.